The molecule has 1 aromatic heterocycles. The van der Waals surface area contributed by atoms with E-state index in [9.17, 15) is 4.79 Å². The summed E-state index contributed by atoms with van der Waals surface area (Å²) in [5.41, 5.74) is 5.64. The minimum Gasteiger partial charge on any atom is -0.476 e. The number of hydrogen-bond donors (Lipinski definition) is 1. The van der Waals surface area contributed by atoms with Crippen LogP contribution in [0, 0.1) is 0 Å². The lowest BCUT2D eigenvalue weighted by Crippen LogP contribution is -2.14. The smallest absolute Gasteiger partial charge is 0.345 e. The van der Waals surface area contributed by atoms with Crippen molar-refractivity contribution in [2.45, 2.75) is 6.92 Å². The van der Waals surface area contributed by atoms with E-state index in [0.29, 0.717) is 31.2 Å². The molecule has 0 aliphatic carbocycles. The summed E-state index contributed by atoms with van der Waals surface area (Å²) in [7, 11) is 1.69. The molecular formula is C9H15N3O3. The molecule has 1 heterocycles. The van der Waals surface area contributed by atoms with Crippen molar-refractivity contribution in [3.8, 4) is 5.88 Å². The van der Waals surface area contributed by atoms with Crippen LogP contribution >= 0.6 is 0 Å². The average Bonchev–Trinajstić information content (AvgIpc) is 2.57. The molecule has 0 saturated heterocycles. The van der Waals surface area contributed by atoms with E-state index in [2.05, 4.69) is 5.10 Å². The first kappa shape index (κ1) is 11.5. The van der Waals surface area contributed by atoms with Crippen molar-refractivity contribution in [1.29, 1.82) is 0 Å². The van der Waals surface area contributed by atoms with Crippen LogP contribution < -0.4 is 10.5 Å². The maximum Gasteiger partial charge on any atom is 0.345 e. The van der Waals surface area contributed by atoms with Crippen LogP contribution in [0.2, 0.25) is 0 Å². The van der Waals surface area contributed by atoms with E-state index in [4.69, 9.17) is 15.2 Å². The molecule has 0 spiro atoms. The average molecular weight is 213 g/mol. The van der Waals surface area contributed by atoms with Crippen LogP contribution in [0.1, 0.15) is 17.3 Å². The first-order chi connectivity index (χ1) is 7.20. The predicted molar refractivity (Wildman–Crippen MR) is 53.7 cm³/mol. The number of aryl methyl sites for hydroxylation is 1. The second-order valence-electron chi connectivity index (χ2n) is 2.84. The third-order valence-corrected chi connectivity index (χ3v) is 1.74. The number of rotatable bonds is 5. The molecule has 1 rings (SSSR count). The molecule has 0 radical (unpaired) electrons. The van der Waals surface area contributed by atoms with Gasteiger partial charge in [0, 0.05) is 13.6 Å². The molecule has 0 amide bonds. The van der Waals surface area contributed by atoms with Crippen LogP contribution in [-0.4, -0.2) is 35.5 Å². The molecule has 0 fully saturated rings. The third kappa shape index (κ3) is 2.69. The van der Waals surface area contributed by atoms with E-state index in [1.165, 1.54) is 10.9 Å². The van der Waals surface area contributed by atoms with E-state index < -0.39 is 5.97 Å². The highest BCUT2D eigenvalue weighted by Gasteiger charge is 2.18. The zero-order valence-corrected chi connectivity index (χ0v) is 8.90. The minimum atomic E-state index is -0.433. The zero-order valence-electron chi connectivity index (χ0n) is 8.90. The molecule has 15 heavy (non-hydrogen) atoms. The van der Waals surface area contributed by atoms with Gasteiger partial charge >= 0.3 is 5.97 Å². The highest BCUT2D eigenvalue weighted by molar-refractivity contribution is 5.91. The van der Waals surface area contributed by atoms with Gasteiger partial charge in [-0.25, -0.2) is 9.48 Å². The summed E-state index contributed by atoms with van der Waals surface area (Å²) in [4.78, 5) is 11.5. The molecular weight excluding hydrogens is 198 g/mol. The largest absolute Gasteiger partial charge is 0.476 e. The molecule has 0 bridgehead atoms. The minimum absolute atomic E-state index is 0.323. The number of nitrogens with two attached hydrogens (primary N) is 1. The summed E-state index contributed by atoms with van der Waals surface area (Å²) in [6.45, 7) is 2.79. The van der Waals surface area contributed by atoms with Crippen LogP contribution in [0.15, 0.2) is 6.20 Å². The monoisotopic (exact) mass is 213 g/mol. The number of carbonyl (C=O) groups excluding carboxylic acids is 1. The van der Waals surface area contributed by atoms with Gasteiger partial charge in [-0.3, -0.25) is 0 Å². The number of esters is 1. The van der Waals surface area contributed by atoms with E-state index in [0.717, 1.165) is 0 Å². The summed E-state index contributed by atoms with van der Waals surface area (Å²) in [5, 5.41) is 3.92. The van der Waals surface area contributed by atoms with Crippen molar-refractivity contribution in [3.63, 3.8) is 0 Å². The lowest BCUT2D eigenvalue weighted by atomic mass is 10.3. The van der Waals surface area contributed by atoms with E-state index >= 15 is 0 Å². The Kier molecular flexibility index (Phi) is 4.11. The van der Waals surface area contributed by atoms with Gasteiger partial charge in [-0.1, -0.05) is 0 Å². The Morgan fingerprint density at radius 2 is 2.40 bits per heavy atom. The summed E-state index contributed by atoms with van der Waals surface area (Å²) in [6, 6.07) is 0. The molecule has 0 unspecified atom stereocenters. The third-order valence-electron chi connectivity index (χ3n) is 1.74. The fraction of sp³-hybridized carbons (Fsp3) is 0.556. The van der Waals surface area contributed by atoms with Crippen molar-refractivity contribution in [2.75, 3.05) is 19.8 Å². The van der Waals surface area contributed by atoms with Crippen LogP contribution in [0.3, 0.4) is 0 Å². The van der Waals surface area contributed by atoms with Crippen molar-refractivity contribution < 1.29 is 14.3 Å². The molecule has 0 atom stereocenters. The molecule has 1 aromatic rings. The number of aromatic nitrogens is 2. The number of nitrogens with zero attached hydrogens (tertiary/aromatic N) is 2. The van der Waals surface area contributed by atoms with Crippen LogP contribution in [0.5, 0.6) is 5.88 Å². The highest BCUT2D eigenvalue weighted by Crippen LogP contribution is 2.17. The van der Waals surface area contributed by atoms with Crippen LogP contribution in [-0.2, 0) is 11.8 Å². The Balaban J connectivity index is 2.82. The van der Waals surface area contributed by atoms with E-state index in [-0.39, 0.29) is 0 Å². The molecule has 0 aromatic carbocycles. The SMILES string of the molecule is CCOC(=O)c1cnn(C)c1OCCN. The van der Waals surface area contributed by atoms with Gasteiger partial charge < -0.3 is 15.2 Å². The number of hydrogen-bond acceptors (Lipinski definition) is 5. The lowest BCUT2D eigenvalue weighted by Gasteiger charge is -2.06. The van der Waals surface area contributed by atoms with Gasteiger partial charge in [-0.15, -0.1) is 0 Å². The molecule has 2 N–H and O–H groups in total. The van der Waals surface area contributed by atoms with E-state index in [1.54, 1.807) is 14.0 Å². The first-order valence-corrected chi connectivity index (χ1v) is 4.72. The topological polar surface area (TPSA) is 79.4 Å². The van der Waals surface area contributed by atoms with Gasteiger partial charge in [0.15, 0.2) is 0 Å². The van der Waals surface area contributed by atoms with E-state index in [1.807, 2.05) is 0 Å². The normalized spacial score (nSPS) is 10.1. The lowest BCUT2D eigenvalue weighted by molar-refractivity contribution is 0.0521. The van der Waals surface area contributed by atoms with Gasteiger partial charge in [-0.2, -0.15) is 5.10 Å². The van der Waals surface area contributed by atoms with Gasteiger partial charge in [-0.05, 0) is 6.92 Å². The summed E-state index contributed by atoms with van der Waals surface area (Å²) in [6.07, 6.45) is 1.42. The Bertz CT molecular complexity index is 335. The van der Waals surface area contributed by atoms with Crippen molar-refractivity contribution in [1.82, 2.24) is 9.78 Å². The van der Waals surface area contributed by atoms with Crippen molar-refractivity contribution >= 4 is 5.97 Å². The van der Waals surface area contributed by atoms with Crippen LogP contribution in [0.25, 0.3) is 0 Å². The predicted octanol–water partition coefficient (Wildman–Crippen LogP) is -0.0657. The second-order valence-corrected chi connectivity index (χ2v) is 2.84. The maximum absolute atomic E-state index is 11.5. The second kappa shape index (κ2) is 5.35. The summed E-state index contributed by atoms with van der Waals surface area (Å²) >= 11 is 0. The fourth-order valence-corrected chi connectivity index (χ4v) is 1.10. The fourth-order valence-electron chi connectivity index (χ4n) is 1.10. The molecule has 6 heteroatoms. The number of ether oxygens (including phenoxy) is 2. The van der Waals surface area contributed by atoms with Crippen molar-refractivity contribution in [2.24, 2.45) is 12.8 Å². The molecule has 6 nitrogen and oxygen atoms in total. The Morgan fingerprint density at radius 3 is 3.00 bits per heavy atom. The van der Waals surface area contributed by atoms with Gasteiger partial charge in [0.2, 0.25) is 5.88 Å². The quantitative estimate of drug-likeness (QED) is 0.693. The van der Waals surface area contributed by atoms with Gasteiger partial charge in [0.25, 0.3) is 0 Å². The molecule has 0 saturated carbocycles. The number of carbonyl (C=O) groups is 1. The first-order valence-electron chi connectivity index (χ1n) is 4.72. The summed E-state index contributed by atoms with van der Waals surface area (Å²) in [5.74, 6) is -0.0449. The Morgan fingerprint density at radius 1 is 1.67 bits per heavy atom. The molecule has 84 valence electrons. The Hall–Kier alpha value is -1.56. The molecule has 0 aliphatic rings. The Labute approximate surface area is 88.0 Å². The summed E-state index contributed by atoms with van der Waals surface area (Å²) < 4.78 is 11.6. The van der Waals surface area contributed by atoms with Crippen molar-refractivity contribution in [3.05, 3.63) is 11.8 Å². The van der Waals surface area contributed by atoms with Gasteiger partial charge in [0.05, 0.1) is 12.8 Å². The standard InChI is InChI=1S/C9H15N3O3/c1-3-14-9(13)7-6-11-12(2)8(7)15-5-4-10/h6H,3-5,10H2,1-2H3. The maximum atomic E-state index is 11.5. The molecule has 0 aliphatic heterocycles. The van der Waals surface area contributed by atoms with Crippen LogP contribution in [0.4, 0.5) is 0 Å². The zero-order chi connectivity index (χ0) is 11.3. The highest BCUT2D eigenvalue weighted by atomic mass is 16.5. The van der Waals surface area contributed by atoms with Gasteiger partial charge in [0.1, 0.15) is 12.2 Å².